The van der Waals surface area contributed by atoms with E-state index in [0.717, 1.165) is 24.0 Å². The van der Waals surface area contributed by atoms with E-state index in [9.17, 15) is 14.9 Å². The van der Waals surface area contributed by atoms with Gasteiger partial charge in [-0.15, -0.1) is 0 Å². The van der Waals surface area contributed by atoms with Gasteiger partial charge < -0.3 is 10.4 Å². The Bertz CT molecular complexity index is 493. The molecule has 0 amide bonds. The number of hydrogen-bond donors (Lipinski definition) is 2. The number of anilines is 1. The molecule has 0 aliphatic heterocycles. The lowest BCUT2D eigenvalue weighted by Gasteiger charge is -2.16. The molecule has 6 nitrogen and oxygen atoms in total. The second-order valence-electron chi connectivity index (χ2n) is 4.32. The molecule has 1 aromatic rings. The lowest BCUT2D eigenvalue weighted by atomic mass is 10.1. The van der Waals surface area contributed by atoms with Gasteiger partial charge in [0, 0.05) is 23.9 Å². The average Bonchev–Trinajstić information content (AvgIpc) is 2.38. The largest absolute Gasteiger partial charge is 0.478 e. The molecule has 0 saturated carbocycles. The minimum Gasteiger partial charge on any atom is -0.478 e. The first-order valence-corrected chi connectivity index (χ1v) is 7.47. The highest BCUT2D eigenvalue weighted by atomic mass is 32.2. The number of carbonyl (C=O) groups is 1. The van der Waals surface area contributed by atoms with E-state index < -0.39 is 10.9 Å². The number of non-ortho nitro benzene ring substituents is 1. The van der Waals surface area contributed by atoms with Crippen molar-refractivity contribution in [2.24, 2.45) is 0 Å². The smallest absolute Gasteiger partial charge is 0.338 e. The van der Waals surface area contributed by atoms with Crippen LogP contribution < -0.4 is 5.32 Å². The van der Waals surface area contributed by atoms with Crippen LogP contribution in [0.25, 0.3) is 0 Å². The summed E-state index contributed by atoms with van der Waals surface area (Å²) in [5.74, 6) is 0.858. The second-order valence-corrected chi connectivity index (χ2v) is 5.72. The fourth-order valence-electron chi connectivity index (χ4n) is 1.69. The summed E-state index contributed by atoms with van der Waals surface area (Å²) in [5.41, 5.74) is 0.119. The Morgan fingerprint density at radius 2 is 2.25 bits per heavy atom. The molecule has 7 heteroatoms. The predicted octanol–water partition coefficient (Wildman–Crippen LogP) is 3.24. The van der Waals surface area contributed by atoms with Crippen LogP contribution in [0.4, 0.5) is 11.4 Å². The third-order valence-corrected chi connectivity index (χ3v) is 3.68. The average molecular weight is 298 g/mol. The van der Waals surface area contributed by atoms with E-state index in [0.29, 0.717) is 5.69 Å². The number of nitrogens with one attached hydrogen (secondary N) is 1. The number of thioether (sulfide) groups is 1. The van der Waals surface area contributed by atoms with Crippen LogP contribution in [-0.2, 0) is 0 Å². The van der Waals surface area contributed by atoms with Gasteiger partial charge in [0.15, 0.2) is 0 Å². The highest BCUT2D eigenvalue weighted by Crippen LogP contribution is 2.23. The molecule has 0 aromatic heterocycles. The van der Waals surface area contributed by atoms with Crippen LogP contribution in [0.2, 0.25) is 0 Å². The molecular formula is C13H18N2O4S. The number of hydrogen-bond acceptors (Lipinski definition) is 5. The van der Waals surface area contributed by atoms with Crippen LogP contribution >= 0.6 is 11.8 Å². The van der Waals surface area contributed by atoms with Crippen LogP contribution in [0.15, 0.2) is 18.2 Å². The van der Waals surface area contributed by atoms with Crippen molar-refractivity contribution >= 4 is 29.1 Å². The summed E-state index contributed by atoms with van der Waals surface area (Å²) in [6.07, 6.45) is 0.897. The quantitative estimate of drug-likeness (QED) is 0.435. The number of nitrogens with zero attached hydrogens (tertiary/aromatic N) is 1. The topological polar surface area (TPSA) is 92.5 Å². The van der Waals surface area contributed by atoms with Crippen LogP contribution in [0, 0.1) is 10.1 Å². The molecule has 0 bridgehead atoms. The number of aromatic carboxylic acids is 1. The lowest BCUT2D eigenvalue weighted by Crippen LogP contribution is -2.18. The molecular weight excluding hydrogens is 280 g/mol. The number of carboxylic acid groups (broad SMARTS) is 1. The SMILES string of the molecule is CCSCCC(C)Nc1ccc([N+](=O)[O-])cc1C(=O)O. The Morgan fingerprint density at radius 1 is 1.55 bits per heavy atom. The number of nitro groups is 1. The van der Waals surface area contributed by atoms with E-state index in [2.05, 4.69) is 12.2 Å². The fourth-order valence-corrected chi connectivity index (χ4v) is 2.50. The van der Waals surface area contributed by atoms with Crippen LogP contribution in [0.3, 0.4) is 0 Å². The third kappa shape index (κ3) is 4.73. The van der Waals surface area contributed by atoms with Gasteiger partial charge in [-0.1, -0.05) is 6.92 Å². The molecule has 0 aliphatic rings. The summed E-state index contributed by atoms with van der Waals surface area (Å²) >= 11 is 1.82. The highest BCUT2D eigenvalue weighted by Gasteiger charge is 2.17. The highest BCUT2D eigenvalue weighted by molar-refractivity contribution is 7.99. The van der Waals surface area contributed by atoms with Crippen molar-refractivity contribution in [2.75, 3.05) is 16.8 Å². The van der Waals surface area contributed by atoms with Crippen molar-refractivity contribution in [3.8, 4) is 0 Å². The van der Waals surface area contributed by atoms with Crippen molar-refractivity contribution in [1.29, 1.82) is 0 Å². The van der Waals surface area contributed by atoms with E-state index in [-0.39, 0.29) is 17.3 Å². The summed E-state index contributed by atoms with van der Waals surface area (Å²) in [7, 11) is 0. The van der Waals surface area contributed by atoms with Gasteiger partial charge in [0.1, 0.15) is 0 Å². The van der Waals surface area contributed by atoms with Crippen molar-refractivity contribution in [2.45, 2.75) is 26.3 Å². The Labute approximate surface area is 121 Å². The summed E-state index contributed by atoms with van der Waals surface area (Å²) in [6, 6.07) is 3.94. The van der Waals surface area contributed by atoms with E-state index in [4.69, 9.17) is 5.11 Å². The maximum absolute atomic E-state index is 11.2. The minimum absolute atomic E-state index is 0.0748. The Balaban J connectivity index is 2.83. The third-order valence-electron chi connectivity index (χ3n) is 2.75. The molecule has 110 valence electrons. The van der Waals surface area contributed by atoms with Gasteiger partial charge in [0.05, 0.1) is 10.5 Å². The van der Waals surface area contributed by atoms with Gasteiger partial charge >= 0.3 is 5.97 Å². The van der Waals surface area contributed by atoms with E-state index in [1.165, 1.54) is 12.1 Å². The molecule has 0 aliphatic carbocycles. The fraction of sp³-hybridized carbons (Fsp3) is 0.462. The number of rotatable bonds is 8. The van der Waals surface area contributed by atoms with Crippen LogP contribution in [0.5, 0.6) is 0 Å². The van der Waals surface area contributed by atoms with Gasteiger partial charge in [0.25, 0.3) is 5.69 Å². The minimum atomic E-state index is -1.17. The molecule has 0 fully saturated rings. The van der Waals surface area contributed by atoms with Crippen molar-refractivity contribution in [3.63, 3.8) is 0 Å². The van der Waals surface area contributed by atoms with E-state index >= 15 is 0 Å². The Kier molecular flexibility index (Phi) is 6.30. The standard InChI is InChI=1S/C13H18N2O4S/c1-3-20-7-6-9(2)14-12-5-4-10(15(18)19)8-11(12)13(16)17/h4-5,8-9,14H,3,6-7H2,1-2H3,(H,16,17). The monoisotopic (exact) mass is 298 g/mol. The van der Waals surface area contributed by atoms with Crippen molar-refractivity contribution < 1.29 is 14.8 Å². The maximum atomic E-state index is 11.2. The lowest BCUT2D eigenvalue weighted by molar-refractivity contribution is -0.384. The molecule has 1 rings (SSSR count). The van der Waals surface area contributed by atoms with Crippen LogP contribution in [-0.4, -0.2) is 33.5 Å². The zero-order valence-electron chi connectivity index (χ0n) is 11.5. The predicted molar refractivity (Wildman–Crippen MR) is 80.8 cm³/mol. The Hall–Kier alpha value is -1.76. The molecule has 2 N–H and O–H groups in total. The molecule has 20 heavy (non-hydrogen) atoms. The molecule has 1 unspecified atom stereocenters. The second kappa shape index (κ2) is 7.74. The summed E-state index contributed by atoms with van der Waals surface area (Å²) in [4.78, 5) is 21.2. The maximum Gasteiger partial charge on any atom is 0.338 e. The number of carboxylic acids is 1. The molecule has 0 saturated heterocycles. The van der Waals surface area contributed by atoms with Gasteiger partial charge in [-0.2, -0.15) is 11.8 Å². The summed E-state index contributed by atoms with van der Waals surface area (Å²) < 4.78 is 0. The zero-order valence-corrected chi connectivity index (χ0v) is 12.3. The number of nitro benzene ring substituents is 1. The van der Waals surface area contributed by atoms with E-state index in [1.54, 1.807) is 0 Å². The van der Waals surface area contributed by atoms with Crippen molar-refractivity contribution in [1.82, 2.24) is 0 Å². The van der Waals surface area contributed by atoms with Gasteiger partial charge in [0.2, 0.25) is 0 Å². The van der Waals surface area contributed by atoms with Gasteiger partial charge in [-0.05, 0) is 30.9 Å². The molecule has 1 aromatic carbocycles. The van der Waals surface area contributed by atoms with E-state index in [1.807, 2.05) is 18.7 Å². The van der Waals surface area contributed by atoms with Gasteiger partial charge in [-0.25, -0.2) is 4.79 Å². The first kappa shape index (κ1) is 16.3. The first-order valence-electron chi connectivity index (χ1n) is 6.31. The number of benzene rings is 1. The molecule has 0 radical (unpaired) electrons. The van der Waals surface area contributed by atoms with Crippen LogP contribution in [0.1, 0.15) is 30.6 Å². The normalized spacial score (nSPS) is 11.9. The van der Waals surface area contributed by atoms with Gasteiger partial charge in [-0.3, -0.25) is 10.1 Å². The Morgan fingerprint density at radius 3 is 2.80 bits per heavy atom. The summed E-state index contributed by atoms with van der Waals surface area (Å²) in [5, 5.41) is 22.9. The molecule has 1 atom stereocenters. The first-order chi connectivity index (χ1) is 9.45. The molecule has 0 heterocycles. The molecule has 0 spiro atoms. The zero-order chi connectivity index (χ0) is 15.1. The van der Waals surface area contributed by atoms with Crippen molar-refractivity contribution in [3.05, 3.63) is 33.9 Å². The summed E-state index contributed by atoms with van der Waals surface area (Å²) in [6.45, 7) is 4.05.